The maximum Gasteiger partial charge on any atom is 0.407 e. The predicted octanol–water partition coefficient (Wildman–Crippen LogP) is 3.17. The zero-order valence-corrected chi connectivity index (χ0v) is 17.6. The molecule has 0 radical (unpaired) electrons. The lowest BCUT2D eigenvalue weighted by Gasteiger charge is -2.30. The highest BCUT2D eigenvalue weighted by Crippen LogP contribution is 2.29. The maximum absolute atomic E-state index is 12.4. The molecule has 0 atom stereocenters. The molecule has 164 valence electrons. The van der Waals surface area contributed by atoms with Gasteiger partial charge in [-0.2, -0.15) is 10.1 Å². The van der Waals surface area contributed by atoms with Gasteiger partial charge in [-0.1, -0.05) is 28.9 Å². The van der Waals surface area contributed by atoms with Gasteiger partial charge < -0.3 is 19.5 Å². The molecular weight excluding hydrogens is 436 g/mol. The van der Waals surface area contributed by atoms with Crippen LogP contribution in [0.1, 0.15) is 35.8 Å². The van der Waals surface area contributed by atoms with E-state index in [0.29, 0.717) is 54.4 Å². The van der Waals surface area contributed by atoms with Crippen molar-refractivity contribution in [1.82, 2.24) is 29.6 Å². The average molecular weight is 455 g/mol. The summed E-state index contributed by atoms with van der Waals surface area (Å²) in [5.41, 5.74) is 2.46. The summed E-state index contributed by atoms with van der Waals surface area (Å²) < 4.78 is 7.11. The quantitative estimate of drug-likeness (QED) is 0.484. The number of piperidine rings is 1. The number of carboxylic acid groups (broad SMARTS) is 1. The third-order valence-corrected chi connectivity index (χ3v) is 5.94. The van der Waals surface area contributed by atoms with Crippen molar-refractivity contribution in [3.63, 3.8) is 0 Å². The Morgan fingerprint density at radius 2 is 2.00 bits per heavy atom. The first-order valence-electron chi connectivity index (χ1n) is 10.1. The number of H-pyrrole nitrogens is 1. The average Bonchev–Trinajstić information content (AvgIpc) is 3.41. The van der Waals surface area contributed by atoms with Gasteiger partial charge in [-0.3, -0.25) is 4.79 Å². The monoisotopic (exact) mass is 454 g/mol. The number of benzene rings is 1. The Balaban J connectivity index is 1.44. The topological polar surface area (TPSA) is 130 Å². The van der Waals surface area contributed by atoms with Gasteiger partial charge in [0.05, 0.1) is 11.9 Å². The Morgan fingerprint density at radius 1 is 1.25 bits per heavy atom. The molecule has 5 rings (SSSR count). The molecule has 0 aliphatic carbocycles. The van der Waals surface area contributed by atoms with Crippen LogP contribution in [0.25, 0.3) is 17.1 Å². The van der Waals surface area contributed by atoms with Crippen LogP contribution in [-0.2, 0) is 6.42 Å². The highest BCUT2D eigenvalue weighted by molar-refractivity contribution is 6.30. The van der Waals surface area contributed by atoms with Gasteiger partial charge in [0.15, 0.2) is 5.82 Å². The third-order valence-electron chi connectivity index (χ3n) is 5.69. The molecule has 0 unspecified atom stereocenters. The van der Waals surface area contributed by atoms with Crippen molar-refractivity contribution in [2.45, 2.75) is 25.2 Å². The fraction of sp³-hybridized carbons (Fsp3) is 0.286. The van der Waals surface area contributed by atoms with E-state index in [1.807, 2.05) is 12.1 Å². The molecule has 11 heteroatoms. The molecule has 1 saturated heterocycles. The van der Waals surface area contributed by atoms with Crippen LogP contribution in [0.15, 0.2) is 45.8 Å². The number of rotatable bonds is 4. The van der Waals surface area contributed by atoms with Crippen molar-refractivity contribution in [2.24, 2.45) is 0 Å². The zero-order valence-electron chi connectivity index (χ0n) is 16.9. The minimum atomic E-state index is -0.924. The van der Waals surface area contributed by atoms with Gasteiger partial charge in [0.2, 0.25) is 0 Å². The van der Waals surface area contributed by atoms with Crippen LogP contribution in [0.2, 0.25) is 5.02 Å². The molecule has 3 aromatic heterocycles. The second kappa shape index (κ2) is 8.12. The summed E-state index contributed by atoms with van der Waals surface area (Å²) in [4.78, 5) is 32.2. The van der Waals surface area contributed by atoms with Crippen molar-refractivity contribution < 1.29 is 14.4 Å². The minimum Gasteiger partial charge on any atom is -0.465 e. The van der Waals surface area contributed by atoms with Crippen molar-refractivity contribution in [3.05, 3.63) is 69.0 Å². The first-order valence-corrected chi connectivity index (χ1v) is 10.5. The molecule has 10 nitrogen and oxygen atoms in total. The fourth-order valence-electron chi connectivity index (χ4n) is 4.05. The summed E-state index contributed by atoms with van der Waals surface area (Å²) in [6.45, 7) is 0.834. The van der Waals surface area contributed by atoms with E-state index < -0.39 is 6.09 Å². The molecule has 0 spiro atoms. The number of hydrogen-bond acceptors (Lipinski definition) is 6. The Kier molecular flexibility index (Phi) is 5.14. The van der Waals surface area contributed by atoms with Gasteiger partial charge in [-0.15, -0.1) is 0 Å². The Bertz CT molecular complexity index is 1330. The van der Waals surface area contributed by atoms with Crippen LogP contribution in [0.4, 0.5) is 4.79 Å². The van der Waals surface area contributed by atoms with E-state index in [-0.39, 0.29) is 17.4 Å². The van der Waals surface area contributed by atoms with E-state index in [2.05, 4.69) is 20.2 Å². The number of halogens is 1. The lowest BCUT2D eigenvalue weighted by Crippen LogP contribution is -2.37. The summed E-state index contributed by atoms with van der Waals surface area (Å²) in [6.07, 6.45) is 2.37. The number of likely N-dealkylation sites (tertiary alicyclic amines) is 1. The second-order valence-corrected chi connectivity index (χ2v) is 8.18. The van der Waals surface area contributed by atoms with Crippen LogP contribution in [0.5, 0.6) is 0 Å². The number of carbonyl (C=O) groups is 1. The van der Waals surface area contributed by atoms with Crippen LogP contribution in [0.3, 0.4) is 0 Å². The number of aromatic nitrogens is 5. The van der Waals surface area contributed by atoms with Crippen molar-refractivity contribution in [2.75, 3.05) is 13.1 Å². The maximum atomic E-state index is 12.4. The molecule has 4 heterocycles. The normalized spacial score (nSPS) is 14.8. The first-order chi connectivity index (χ1) is 15.5. The van der Waals surface area contributed by atoms with E-state index in [4.69, 9.17) is 16.1 Å². The molecule has 1 aliphatic heterocycles. The van der Waals surface area contributed by atoms with Crippen LogP contribution < -0.4 is 5.56 Å². The smallest absolute Gasteiger partial charge is 0.407 e. The molecule has 32 heavy (non-hydrogen) atoms. The summed E-state index contributed by atoms with van der Waals surface area (Å²) in [5, 5.41) is 18.3. The second-order valence-electron chi connectivity index (χ2n) is 7.74. The van der Waals surface area contributed by atoms with E-state index in [1.54, 1.807) is 22.8 Å². The summed E-state index contributed by atoms with van der Waals surface area (Å²) >= 11 is 5.93. The number of nitrogens with zero attached hydrogens (tertiary/aromatic N) is 5. The molecule has 1 amide bonds. The van der Waals surface area contributed by atoms with Crippen LogP contribution in [-0.4, -0.2) is 53.9 Å². The third kappa shape index (κ3) is 3.84. The lowest BCUT2D eigenvalue weighted by atomic mass is 9.93. The van der Waals surface area contributed by atoms with Gasteiger partial charge in [0, 0.05) is 36.5 Å². The molecular formula is C21H19ClN6O4. The lowest BCUT2D eigenvalue weighted by molar-refractivity contribution is 0.131. The molecule has 0 bridgehead atoms. The summed E-state index contributed by atoms with van der Waals surface area (Å²) in [5.74, 6) is 0.782. The Hall–Kier alpha value is -3.66. The highest BCUT2D eigenvalue weighted by atomic mass is 35.5. The molecule has 1 aromatic carbocycles. The molecule has 1 aliphatic rings. The summed E-state index contributed by atoms with van der Waals surface area (Å²) in [6, 6.07) is 8.91. The van der Waals surface area contributed by atoms with Crippen molar-refractivity contribution in [1.29, 1.82) is 0 Å². The number of hydrogen-bond donors (Lipinski definition) is 2. The highest BCUT2D eigenvalue weighted by Gasteiger charge is 2.27. The van der Waals surface area contributed by atoms with E-state index in [1.165, 1.54) is 11.0 Å². The number of amides is 1. The first kappa shape index (κ1) is 20.3. The molecule has 0 saturated carbocycles. The van der Waals surface area contributed by atoms with E-state index in [9.17, 15) is 14.7 Å². The summed E-state index contributed by atoms with van der Waals surface area (Å²) in [7, 11) is 0. The zero-order chi connectivity index (χ0) is 22.2. The minimum absolute atomic E-state index is 0.0197. The predicted molar refractivity (Wildman–Crippen MR) is 115 cm³/mol. The standard InChI is InChI=1S/C21H19ClN6O4/c22-14-3-1-12(2-4-14)9-17-24-20(32-26-17)15-11-23-28-16(10-18(29)25-19(15)28)13-5-7-27(8-6-13)21(30)31/h1-4,10-11,13H,5-9H2,(H,25,29)(H,30,31). The SMILES string of the molecule is O=C(O)N1CCC(c2cc(=O)[nH]c3c(-c4nc(Cc5ccc(Cl)cc5)no4)cnn23)CC1. The van der Waals surface area contributed by atoms with E-state index in [0.717, 1.165) is 11.3 Å². The number of nitrogens with one attached hydrogen (secondary N) is 1. The van der Waals surface area contributed by atoms with Crippen LogP contribution >= 0.6 is 11.6 Å². The molecule has 1 fully saturated rings. The number of fused-ring (bicyclic) bond motifs is 1. The Labute approximate surface area is 186 Å². The fourth-order valence-corrected chi connectivity index (χ4v) is 4.17. The van der Waals surface area contributed by atoms with Crippen LogP contribution in [0, 0.1) is 0 Å². The largest absolute Gasteiger partial charge is 0.465 e. The van der Waals surface area contributed by atoms with Gasteiger partial charge >= 0.3 is 6.09 Å². The Morgan fingerprint density at radius 3 is 2.72 bits per heavy atom. The van der Waals surface area contributed by atoms with Gasteiger partial charge in [-0.05, 0) is 30.5 Å². The van der Waals surface area contributed by atoms with Gasteiger partial charge in [0.25, 0.3) is 11.4 Å². The van der Waals surface area contributed by atoms with E-state index >= 15 is 0 Å². The van der Waals surface area contributed by atoms with Crippen molar-refractivity contribution in [3.8, 4) is 11.5 Å². The molecule has 2 N–H and O–H groups in total. The number of aromatic amines is 1. The van der Waals surface area contributed by atoms with Gasteiger partial charge in [0.1, 0.15) is 11.2 Å². The van der Waals surface area contributed by atoms with Crippen molar-refractivity contribution >= 4 is 23.3 Å². The molecule has 4 aromatic rings. The van der Waals surface area contributed by atoms with Gasteiger partial charge in [-0.25, -0.2) is 9.31 Å².